The highest BCUT2D eigenvalue weighted by Gasteiger charge is 2.30. The van der Waals surface area contributed by atoms with Crippen molar-refractivity contribution < 1.29 is 18.0 Å². The third kappa shape index (κ3) is 6.13. The number of nitrogens with zero attached hydrogens (tertiary/aromatic N) is 3. The van der Waals surface area contributed by atoms with E-state index in [9.17, 15) is 18.0 Å². The van der Waals surface area contributed by atoms with Crippen molar-refractivity contribution in [2.45, 2.75) is 44.1 Å². The highest BCUT2D eigenvalue weighted by molar-refractivity contribution is 7.99. The number of thioether (sulfide) groups is 1. The van der Waals surface area contributed by atoms with Crippen LogP contribution in [0.5, 0.6) is 0 Å². The molecule has 0 aliphatic carbocycles. The smallest absolute Gasteiger partial charge is 0.325 e. The number of alkyl halides is 3. The Morgan fingerprint density at radius 3 is 2.81 bits per heavy atom. The van der Waals surface area contributed by atoms with Gasteiger partial charge in [-0.05, 0) is 24.6 Å². The quantitative estimate of drug-likeness (QED) is 0.497. The maximum absolute atomic E-state index is 12.7. The molecule has 2 aromatic rings. The van der Waals surface area contributed by atoms with Gasteiger partial charge in [-0.3, -0.25) is 4.79 Å². The van der Waals surface area contributed by atoms with Crippen LogP contribution in [0.25, 0.3) is 0 Å². The van der Waals surface area contributed by atoms with Crippen molar-refractivity contribution in [2.24, 2.45) is 0 Å². The van der Waals surface area contributed by atoms with E-state index in [1.54, 1.807) is 6.08 Å². The summed E-state index contributed by atoms with van der Waals surface area (Å²) in [6, 6.07) is 4.54. The third-order valence-corrected chi connectivity index (χ3v) is 4.63. The Morgan fingerprint density at radius 1 is 1.37 bits per heavy atom. The number of carbonyl (C=O) groups is 1. The number of carbonyl (C=O) groups excluding carboxylic acids is 1. The number of benzene rings is 1. The van der Waals surface area contributed by atoms with Crippen LogP contribution in [0, 0.1) is 0 Å². The largest absolute Gasteiger partial charge is 0.416 e. The molecule has 27 heavy (non-hydrogen) atoms. The normalized spacial score (nSPS) is 11.4. The topological polar surface area (TPSA) is 59.8 Å². The Morgan fingerprint density at radius 2 is 2.15 bits per heavy atom. The molecule has 5 nitrogen and oxygen atoms in total. The summed E-state index contributed by atoms with van der Waals surface area (Å²) in [6.07, 6.45) is 0.0736. The number of halogens is 3. The van der Waals surface area contributed by atoms with Crippen LogP contribution >= 0.6 is 11.8 Å². The summed E-state index contributed by atoms with van der Waals surface area (Å²) in [5.74, 6) is 0.430. The zero-order chi connectivity index (χ0) is 19.9. The molecule has 1 aromatic heterocycles. The van der Waals surface area contributed by atoms with Crippen molar-refractivity contribution in [3.8, 4) is 0 Å². The molecule has 0 spiro atoms. The van der Waals surface area contributed by atoms with E-state index in [-0.39, 0.29) is 11.4 Å². The minimum atomic E-state index is -4.45. The fourth-order valence-corrected chi connectivity index (χ4v) is 3.13. The van der Waals surface area contributed by atoms with Crippen LogP contribution in [-0.2, 0) is 23.9 Å². The number of unbranched alkanes of at least 4 members (excludes halogenated alkanes) is 1. The lowest BCUT2D eigenvalue weighted by molar-refractivity contribution is -0.137. The Labute approximate surface area is 160 Å². The van der Waals surface area contributed by atoms with E-state index in [1.807, 2.05) is 4.57 Å². The summed E-state index contributed by atoms with van der Waals surface area (Å²) in [6.45, 7) is 6.34. The average molecular weight is 398 g/mol. The van der Waals surface area contributed by atoms with Crippen LogP contribution in [0.15, 0.2) is 42.1 Å². The summed E-state index contributed by atoms with van der Waals surface area (Å²) in [7, 11) is 0. The highest BCUT2D eigenvalue weighted by Crippen LogP contribution is 2.30. The van der Waals surface area contributed by atoms with Gasteiger partial charge in [0.2, 0.25) is 5.91 Å². The number of hydrogen-bond donors (Lipinski definition) is 1. The summed E-state index contributed by atoms with van der Waals surface area (Å²) in [5.41, 5.74) is -0.703. The number of anilines is 1. The number of aryl methyl sites for hydroxylation is 1. The molecule has 0 aliphatic heterocycles. The van der Waals surface area contributed by atoms with Gasteiger partial charge in [0, 0.05) is 18.7 Å². The number of amides is 1. The maximum Gasteiger partial charge on any atom is 0.416 e. The van der Waals surface area contributed by atoms with Gasteiger partial charge < -0.3 is 9.88 Å². The van der Waals surface area contributed by atoms with Crippen LogP contribution in [0.2, 0.25) is 0 Å². The second-order valence-electron chi connectivity index (χ2n) is 5.82. The number of allylic oxidation sites excluding steroid dienone is 1. The predicted octanol–water partition coefficient (Wildman–Crippen LogP) is 4.56. The molecular weight excluding hydrogens is 377 g/mol. The molecular formula is C18H21F3N4OS. The number of rotatable bonds is 9. The summed E-state index contributed by atoms with van der Waals surface area (Å²) in [5, 5.41) is 11.3. The van der Waals surface area contributed by atoms with Gasteiger partial charge in [-0.15, -0.1) is 16.8 Å². The van der Waals surface area contributed by atoms with Gasteiger partial charge in [-0.25, -0.2) is 0 Å². The van der Waals surface area contributed by atoms with Crippen molar-refractivity contribution in [3.63, 3.8) is 0 Å². The van der Waals surface area contributed by atoms with Crippen LogP contribution < -0.4 is 5.32 Å². The van der Waals surface area contributed by atoms with Gasteiger partial charge in [0.25, 0.3) is 0 Å². The lowest BCUT2D eigenvalue weighted by Gasteiger charge is -2.10. The second-order valence-corrected chi connectivity index (χ2v) is 6.76. The summed E-state index contributed by atoms with van der Waals surface area (Å²) in [4.78, 5) is 12.1. The molecule has 1 amide bonds. The summed E-state index contributed by atoms with van der Waals surface area (Å²) < 4.78 is 40.1. The number of aromatic nitrogens is 3. The number of nitrogens with one attached hydrogen (secondary N) is 1. The first kappa shape index (κ1) is 21.0. The van der Waals surface area contributed by atoms with Crippen molar-refractivity contribution >= 4 is 23.4 Å². The molecule has 9 heteroatoms. The molecule has 0 saturated carbocycles. The van der Waals surface area contributed by atoms with Crippen LogP contribution in [0.3, 0.4) is 0 Å². The van der Waals surface area contributed by atoms with Crippen LogP contribution in [0.4, 0.5) is 18.9 Å². The zero-order valence-corrected chi connectivity index (χ0v) is 15.7. The average Bonchev–Trinajstić information content (AvgIpc) is 3.00. The Kier molecular flexibility index (Phi) is 7.46. The molecule has 0 radical (unpaired) electrons. The van der Waals surface area contributed by atoms with Gasteiger partial charge in [0.15, 0.2) is 5.16 Å². The number of hydrogen-bond acceptors (Lipinski definition) is 4. The molecule has 0 saturated heterocycles. The lowest BCUT2D eigenvalue weighted by atomic mass is 10.2. The molecule has 1 aromatic carbocycles. The van der Waals surface area contributed by atoms with Gasteiger partial charge in [-0.2, -0.15) is 13.2 Å². The standard InChI is InChI=1S/C18H21F3N4OS/c1-3-5-9-15-23-24-17(25(15)10-4-2)27-12-16(26)22-14-8-6-7-13(11-14)18(19,20)21/h4,6-8,11H,2-3,5,9-10,12H2,1H3,(H,22,26). The fraction of sp³-hybridized carbons (Fsp3) is 0.389. The fourth-order valence-electron chi connectivity index (χ4n) is 2.36. The van der Waals surface area contributed by atoms with E-state index < -0.39 is 17.6 Å². The predicted molar refractivity (Wildman–Crippen MR) is 99.6 cm³/mol. The van der Waals surface area contributed by atoms with Crippen molar-refractivity contribution in [1.29, 1.82) is 0 Å². The first-order chi connectivity index (χ1) is 12.8. The van der Waals surface area contributed by atoms with Gasteiger partial charge in [-0.1, -0.05) is 37.2 Å². The van der Waals surface area contributed by atoms with Crippen molar-refractivity contribution in [2.75, 3.05) is 11.1 Å². The minimum absolute atomic E-state index is 0.0132. The van der Waals surface area contributed by atoms with Crippen LogP contribution in [0.1, 0.15) is 31.2 Å². The molecule has 1 N–H and O–H groups in total. The first-order valence-electron chi connectivity index (χ1n) is 8.48. The molecule has 1 heterocycles. The van der Waals surface area contributed by atoms with Gasteiger partial charge in [0.1, 0.15) is 5.82 Å². The Bertz CT molecular complexity index is 789. The minimum Gasteiger partial charge on any atom is -0.325 e. The lowest BCUT2D eigenvalue weighted by Crippen LogP contribution is -2.15. The Hall–Kier alpha value is -2.29. The maximum atomic E-state index is 12.7. The summed E-state index contributed by atoms with van der Waals surface area (Å²) >= 11 is 1.19. The Balaban J connectivity index is 1.99. The molecule has 0 aliphatic rings. The SMILES string of the molecule is C=CCn1c(CCCC)nnc1SCC(=O)Nc1cccc(C(F)(F)F)c1. The van der Waals surface area contributed by atoms with E-state index >= 15 is 0 Å². The third-order valence-electron chi connectivity index (χ3n) is 3.67. The van der Waals surface area contributed by atoms with Gasteiger partial charge in [0.05, 0.1) is 11.3 Å². The van der Waals surface area contributed by atoms with Gasteiger partial charge >= 0.3 is 6.18 Å². The molecule has 146 valence electrons. The van der Waals surface area contributed by atoms with E-state index in [0.29, 0.717) is 11.7 Å². The van der Waals surface area contributed by atoms with Crippen molar-refractivity contribution in [1.82, 2.24) is 14.8 Å². The van der Waals surface area contributed by atoms with Crippen LogP contribution in [-0.4, -0.2) is 26.4 Å². The monoisotopic (exact) mass is 398 g/mol. The van der Waals surface area contributed by atoms with E-state index in [4.69, 9.17) is 0 Å². The molecule has 0 bridgehead atoms. The van der Waals surface area contributed by atoms with E-state index in [0.717, 1.165) is 37.2 Å². The van der Waals surface area contributed by atoms with E-state index in [1.165, 1.54) is 23.9 Å². The zero-order valence-electron chi connectivity index (χ0n) is 14.9. The van der Waals surface area contributed by atoms with Crippen molar-refractivity contribution in [3.05, 3.63) is 48.3 Å². The second kappa shape index (κ2) is 9.59. The highest BCUT2D eigenvalue weighted by atomic mass is 32.2. The molecule has 2 rings (SSSR count). The first-order valence-corrected chi connectivity index (χ1v) is 9.46. The molecule has 0 atom stereocenters. The van der Waals surface area contributed by atoms with E-state index in [2.05, 4.69) is 29.0 Å². The molecule has 0 fully saturated rings. The molecule has 0 unspecified atom stereocenters.